The maximum atomic E-state index is 12.2. The van der Waals surface area contributed by atoms with Gasteiger partial charge in [-0.2, -0.15) is 13.2 Å². The zero-order chi connectivity index (χ0) is 17.2. The van der Waals surface area contributed by atoms with Crippen molar-refractivity contribution in [3.8, 4) is 22.6 Å². The van der Waals surface area contributed by atoms with Gasteiger partial charge in [-0.3, -0.25) is 0 Å². The van der Waals surface area contributed by atoms with Crippen molar-refractivity contribution >= 4 is 10.8 Å². The van der Waals surface area contributed by atoms with Crippen molar-refractivity contribution in [2.75, 3.05) is 13.7 Å². The third-order valence-electron chi connectivity index (χ3n) is 3.64. The van der Waals surface area contributed by atoms with Crippen molar-refractivity contribution in [3.63, 3.8) is 0 Å². The van der Waals surface area contributed by atoms with Gasteiger partial charge in [-0.25, -0.2) is 0 Å². The molecule has 0 radical (unpaired) electrons. The van der Waals surface area contributed by atoms with Crippen molar-refractivity contribution < 1.29 is 22.6 Å². The molecule has 24 heavy (non-hydrogen) atoms. The molecule has 0 fully saturated rings. The molecule has 0 amide bonds. The van der Waals surface area contributed by atoms with E-state index in [0.717, 1.165) is 27.6 Å². The van der Waals surface area contributed by atoms with Crippen molar-refractivity contribution in [1.82, 2.24) is 0 Å². The summed E-state index contributed by atoms with van der Waals surface area (Å²) >= 11 is 0. The molecule has 3 aromatic carbocycles. The van der Waals surface area contributed by atoms with E-state index in [1.165, 1.54) is 0 Å². The Hall–Kier alpha value is -2.69. The van der Waals surface area contributed by atoms with Crippen LogP contribution in [0, 0.1) is 0 Å². The molecule has 3 rings (SSSR count). The van der Waals surface area contributed by atoms with Gasteiger partial charge in [0.25, 0.3) is 0 Å². The van der Waals surface area contributed by atoms with Gasteiger partial charge in [0.2, 0.25) is 0 Å². The highest BCUT2D eigenvalue weighted by Crippen LogP contribution is 2.28. The van der Waals surface area contributed by atoms with Crippen LogP contribution >= 0.6 is 0 Å². The van der Waals surface area contributed by atoms with Crippen LogP contribution in [0.3, 0.4) is 0 Å². The fraction of sp³-hybridized carbons (Fsp3) is 0.158. The van der Waals surface area contributed by atoms with Crippen LogP contribution in [-0.4, -0.2) is 19.9 Å². The van der Waals surface area contributed by atoms with Gasteiger partial charge in [-0.05, 0) is 52.2 Å². The number of hydrogen-bond donors (Lipinski definition) is 0. The standard InChI is InChI=1S/C19H15F3O2/c1-23-17-7-4-13(5-8-17)14-2-3-16-11-18(9-6-15(16)10-14)24-12-19(20,21)22/h2-11H,12H2,1H3. The Balaban J connectivity index is 1.86. The molecule has 0 aliphatic carbocycles. The smallest absolute Gasteiger partial charge is 0.422 e. The molecule has 0 aliphatic rings. The Morgan fingerprint density at radius 3 is 2.00 bits per heavy atom. The summed E-state index contributed by atoms with van der Waals surface area (Å²) in [4.78, 5) is 0. The molecule has 0 atom stereocenters. The van der Waals surface area contributed by atoms with E-state index in [1.807, 2.05) is 42.5 Å². The zero-order valence-electron chi connectivity index (χ0n) is 12.9. The first-order chi connectivity index (χ1) is 11.4. The average Bonchev–Trinajstić information content (AvgIpc) is 2.59. The quantitative estimate of drug-likeness (QED) is 0.632. The molecule has 5 heteroatoms. The lowest BCUT2D eigenvalue weighted by Crippen LogP contribution is -2.19. The van der Waals surface area contributed by atoms with E-state index in [2.05, 4.69) is 0 Å². The van der Waals surface area contributed by atoms with Crippen molar-refractivity contribution in [2.45, 2.75) is 6.18 Å². The summed E-state index contributed by atoms with van der Waals surface area (Å²) < 4.78 is 46.6. The van der Waals surface area contributed by atoms with Crippen molar-refractivity contribution in [1.29, 1.82) is 0 Å². The molecular weight excluding hydrogens is 317 g/mol. The van der Waals surface area contributed by atoms with Crippen LogP contribution in [0.15, 0.2) is 60.7 Å². The second kappa shape index (κ2) is 6.43. The van der Waals surface area contributed by atoms with Gasteiger partial charge < -0.3 is 9.47 Å². The van der Waals surface area contributed by atoms with Crippen LogP contribution in [0.5, 0.6) is 11.5 Å². The largest absolute Gasteiger partial charge is 0.497 e. The number of methoxy groups -OCH3 is 1. The number of fused-ring (bicyclic) bond motifs is 1. The van der Waals surface area contributed by atoms with Crippen LogP contribution in [0.1, 0.15) is 0 Å². The minimum absolute atomic E-state index is 0.206. The van der Waals surface area contributed by atoms with Gasteiger partial charge in [0.15, 0.2) is 6.61 Å². The molecule has 0 aliphatic heterocycles. The second-order valence-corrected chi connectivity index (χ2v) is 5.36. The maximum Gasteiger partial charge on any atom is 0.422 e. The van der Waals surface area contributed by atoms with Gasteiger partial charge in [-0.15, -0.1) is 0 Å². The Kier molecular flexibility index (Phi) is 4.34. The molecule has 0 aromatic heterocycles. The first kappa shape index (κ1) is 16.2. The van der Waals surface area contributed by atoms with E-state index in [-0.39, 0.29) is 5.75 Å². The molecule has 124 valence electrons. The lowest BCUT2D eigenvalue weighted by molar-refractivity contribution is -0.153. The summed E-state index contributed by atoms with van der Waals surface area (Å²) in [6, 6.07) is 18.4. The van der Waals surface area contributed by atoms with E-state index >= 15 is 0 Å². The third kappa shape index (κ3) is 3.79. The van der Waals surface area contributed by atoms with E-state index in [1.54, 1.807) is 25.3 Å². The minimum atomic E-state index is -4.34. The molecule has 3 aromatic rings. The fourth-order valence-corrected chi connectivity index (χ4v) is 2.44. The molecule has 2 nitrogen and oxygen atoms in total. The van der Waals surface area contributed by atoms with Crippen LogP contribution in [-0.2, 0) is 0 Å². The highest BCUT2D eigenvalue weighted by Gasteiger charge is 2.28. The Morgan fingerprint density at radius 2 is 1.33 bits per heavy atom. The predicted molar refractivity (Wildman–Crippen MR) is 87.5 cm³/mol. The van der Waals surface area contributed by atoms with Crippen molar-refractivity contribution in [2.24, 2.45) is 0 Å². The number of benzene rings is 3. The summed E-state index contributed by atoms with van der Waals surface area (Å²) in [6.07, 6.45) is -4.34. The van der Waals surface area contributed by atoms with E-state index in [4.69, 9.17) is 9.47 Å². The first-order valence-electron chi connectivity index (χ1n) is 7.32. The SMILES string of the molecule is COc1ccc(-c2ccc3cc(OCC(F)(F)F)ccc3c2)cc1. The zero-order valence-corrected chi connectivity index (χ0v) is 12.9. The number of ether oxygens (including phenoxy) is 2. The molecule has 0 bridgehead atoms. The molecule has 0 N–H and O–H groups in total. The van der Waals surface area contributed by atoms with Gasteiger partial charge in [0, 0.05) is 0 Å². The van der Waals surface area contributed by atoms with Gasteiger partial charge >= 0.3 is 6.18 Å². The molecule has 0 saturated heterocycles. The van der Waals surface area contributed by atoms with Gasteiger partial charge in [0.05, 0.1) is 7.11 Å². The summed E-state index contributed by atoms with van der Waals surface area (Å²) in [7, 11) is 1.61. The number of halogens is 3. The summed E-state index contributed by atoms with van der Waals surface area (Å²) in [5, 5.41) is 1.76. The lowest BCUT2D eigenvalue weighted by Gasteiger charge is -2.10. The van der Waals surface area contributed by atoms with Crippen LogP contribution < -0.4 is 9.47 Å². The Bertz CT molecular complexity index is 839. The van der Waals surface area contributed by atoms with Gasteiger partial charge in [-0.1, -0.05) is 30.3 Å². The first-order valence-corrected chi connectivity index (χ1v) is 7.32. The van der Waals surface area contributed by atoms with E-state index < -0.39 is 12.8 Å². The topological polar surface area (TPSA) is 18.5 Å². The normalized spacial score (nSPS) is 11.5. The fourth-order valence-electron chi connectivity index (χ4n) is 2.44. The number of rotatable bonds is 4. The minimum Gasteiger partial charge on any atom is -0.497 e. The highest BCUT2D eigenvalue weighted by atomic mass is 19.4. The summed E-state index contributed by atoms with van der Waals surface area (Å²) in [5.41, 5.74) is 2.06. The second-order valence-electron chi connectivity index (χ2n) is 5.36. The molecule has 0 saturated carbocycles. The average molecular weight is 332 g/mol. The van der Waals surface area contributed by atoms with Crippen LogP contribution in [0.25, 0.3) is 21.9 Å². The predicted octanol–water partition coefficient (Wildman–Crippen LogP) is 5.46. The summed E-state index contributed by atoms with van der Waals surface area (Å²) in [6.45, 7) is -1.29. The molecule has 0 heterocycles. The van der Waals surface area contributed by atoms with E-state index in [9.17, 15) is 13.2 Å². The maximum absolute atomic E-state index is 12.2. The lowest BCUT2D eigenvalue weighted by atomic mass is 10.0. The van der Waals surface area contributed by atoms with Crippen molar-refractivity contribution in [3.05, 3.63) is 60.7 Å². The Labute approximate surface area is 137 Å². The highest BCUT2D eigenvalue weighted by molar-refractivity contribution is 5.88. The molecule has 0 unspecified atom stereocenters. The molecule has 0 spiro atoms. The molecular formula is C19H15F3O2. The van der Waals surface area contributed by atoms with Crippen LogP contribution in [0.2, 0.25) is 0 Å². The third-order valence-corrected chi connectivity index (χ3v) is 3.64. The van der Waals surface area contributed by atoms with Gasteiger partial charge in [0.1, 0.15) is 11.5 Å². The summed E-state index contributed by atoms with van der Waals surface area (Å²) in [5.74, 6) is 0.989. The Morgan fingerprint density at radius 1 is 0.750 bits per heavy atom. The monoisotopic (exact) mass is 332 g/mol. The number of alkyl halides is 3. The number of hydrogen-bond acceptors (Lipinski definition) is 2. The van der Waals surface area contributed by atoms with Crippen LogP contribution in [0.4, 0.5) is 13.2 Å². The van der Waals surface area contributed by atoms with E-state index in [0.29, 0.717) is 0 Å².